The average molecular weight is 916 g/mol. The summed E-state index contributed by atoms with van der Waals surface area (Å²) < 4.78 is 22.9. The Morgan fingerprint density at radius 2 is 1.58 bits per heavy atom. The normalized spacial score (nSPS) is 21.2. The van der Waals surface area contributed by atoms with E-state index in [4.69, 9.17) is 18.9 Å². The van der Waals surface area contributed by atoms with Gasteiger partial charge in [0.15, 0.2) is 6.10 Å². The number of aromatic nitrogens is 3. The molecular formula is C43H61N7O15. The molecule has 358 valence electrons. The number of aliphatic carboxylic acids is 1. The van der Waals surface area contributed by atoms with E-state index in [1.807, 2.05) is 0 Å². The Labute approximate surface area is 376 Å². The Balaban J connectivity index is 1.44. The molecule has 65 heavy (non-hydrogen) atoms. The molecule has 1 aromatic carbocycles. The van der Waals surface area contributed by atoms with Crippen LogP contribution in [0, 0.1) is 11.3 Å². The topological polar surface area (TPSA) is 307 Å². The molecule has 1 fully saturated rings. The molecule has 1 saturated heterocycles. The molecule has 22 nitrogen and oxygen atoms in total. The summed E-state index contributed by atoms with van der Waals surface area (Å²) in [5.74, 6) is -6.11. The standard InChI is InChI=1S/C43H61N7O15/c1-23(2)33(46-39(57)29(50-31(51)13-14-32(50)52)20-28-21-49(48-47-28)15-16-63-18-17-62-7)40(58)44-24(3)38(56)45-27-12-11-26(22-64-42(61)43(4,5)6)25(19-27)9-8-10-30-34(53)35(54)36(55)37(65-30)41(59)60/h11-14,19,21,23-24,29-30,33-37,53-55H,8-10,15-18,20,22H2,1-7H3,(H,44,58)(H,45,56)(H,46,57)(H,59,60)/t24-,29?,30-,33-,34-,35+,36-,37-/m0/s1. The largest absolute Gasteiger partial charge is 0.479 e. The van der Waals surface area contributed by atoms with E-state index in [-0.39, 0.29) is 32.3 Å². The number of ether oxygens (including phenoxy) is 4. The number of nitrogens with zero attached hydrogens (tertiary/aromatic N) is 4. The van der Waals surface area contributed by atoms with Crippen molar-refractivity contribution in [2.24, 2.45) is 11.3 Å². The van der Waals surface area contributed by atoms with Crippen LogP contribution in [0.25, 0.3) is 0 Å². The van der Waals surface area contributed by atoms with Crippen LogP contribution in [0.1, 0.15) is 71.2 Å². The monoisotopic (exact) mass is 915 g/mol. The molecule has 0 spiro atoms. The Kier molecular flexibility index (Phi) is 18.8. The number of carbonyl (C=O) groups is 7. The third kappa shape index (κ3) is 14.4. The quantitative estimate of drug-likeness (QED) is 0.0416. The first-order valence-electron chi connectivity index (χ1n) is 21.3. The minimum atomic E-state index is -1.83. The highest BCUT2D eigenvalue weighted by molar-refractivity contribution is 6.15. The Morgan fingerprint density at radius 1 is 0.892 bits per heavy atom. The molecule has 4 rings (SSSR count). The number of methoxy groups -OCH3 is 1. The van der Waals surface area contributed by atoms with E-state index >= 15 is 0 Å². The smallest absolute Gasteiger partial charge is 0.335 e. The zero-order valence-corrected chi connectivity index (χ0v) is 37.6. The van der Waals surface area contributed by atoms with Gasteiger partial charge in [-0.1, -0.05) is 25.1 Å². The van der Waals surface area contributed by atoms with E-state index in [0.717, 1.165) is 17.1 Å². The minimum Gasteiger partial charge on any atom is -0.479 e. The van der Waals surface area contributed by atoms with Crippen LogP contribution in [0.5, 0.6) is 0 Å². The lowest BCUT2D eigenvalue weighted by molar-refractivity contribution is -0.228. The number of benzene rings is 1. The van der Waals surface area contributed by atoms with Gasteiger partial charge in [0.05, 0.1) is 43.6 Å². The molecule has 5 amide bonds. The number of aliphatic hydroxyl groups is 3. The lowest BCUT2D eigenvalue weighted by Crippen LogP contribution is -2.59. The summed E-state index contributed by atoms with van der Waals surface area (Å²) in [7, 11) is 1.55. The van der Waals surface area contributed by atoms with Crippen LogP contribution >= 0.6 is 0 Å². The van der Waals surface area contributed by atoms with Crippen LogP contribution < -0.4 is 16.0 Å². The van der Waals surface area contributed by atoms with Gasteiger partial charge in [0, 0.05) is 37.6 Å². The number of nitrogens with one attached hydrogen (secondary N) is 3. The van der Waals surface area contributed by atoms with E-state index in [2.05, 4.69) is 26.3 Å². The number of hydrogen-bond acceptors (Lipinski definition) is 16. The van der Waals surface area contributed by atoms with E-state index in [9.17, 15) is 54.0 Å². The first kappa shape index (κ1) is 52.0. The molecule has 0 saturated carbocycles. The molecular weight excluding hydrogens is 855 g/mol. The second-order valence-corrected chi connectivity index (χ2v) is 17.2. The highest BCUT2D eigenvalue weighted by Gasteiger charge is 2.46. The molecule has 0 aliphatic carbocycles. The number of esters is 1. The summed E-state index contributed by atoms with van der Waals surface area (Å²) >= 11 is 0. The van der Waals surface area contributed by atoms with Gasteiger partial charge in [0.1, 0.15) is 43.0 Å². The molecule has 22 heteroatoms. The molecule has 0 radical (unpaired) electrons. The first-order chi connectivity index (χ1) is 30.6. The number of carboxylic acids is 1. The number of carboxylic acid groups (broad SMARTS) is 1. The van der Waals surface area contributed by atoms with Crippen LogP contribution in [0.15, 0.2) is 36.5 Å². The highest BCUT2D eigenvalue weighted by atomic mass is 16.6. The van der Waals surface area contributed by atoms with E-state index in [1.165, 1.54) is 11.6 Å². The highest BCUT2D eigenvalue weighted by Crippen LogP contribution is 2.27. The molecule has 2 aromatic rings. The van der Waals surface area contributed by atoms with Gasteiger partial charge >= 0.3 is 11.9 Å². The SMILES string of the molecule is COCCOCCn1cc(CC(C(=O)N[C@H](C(=O)N[C@@H](C)C(=O)Nc2ccc(COC(=O)C(C)(C)C)c(CCC[C@@H]3O[C@H](C(=O)O)[C@@H](O)[C@H](O)[C@H]3O)c2)C(C)C)N2C(=O)C=CC2=O)nn1. The van der Waals surface area contributed by atoms with Crippen LogP contribution in [-0.2, 0) is 78.5 Å². The van der Waals surface area contributed by atoms with Gasteiger partial charge in [-0.3, -0.25) is 33.7 Å². The number of rotatable bonds is 23. The van der Waals surface area contributed by atoms with Crippen LogP contribution in [0.3, 0.4) is 0 Å². The van der Waals surface area contributed by atoms with Crippen LogP contribution in [0.2, 0.25) is 0 Å². The number of anilines is 1. The number of amides is 5. The summed E-state index contributed by atoms with van der Waals surface area (Å²) in [6.45, 7) is 11.2. The molecule has 1 aromatic heterocycles. The second kappa shape index (κ2) is 23.5. The van der Waals surface area contributed by atoms with Gasteiger partial charge in [-0.05, 0) is 76.1 Å². The number of aryl methyl sites for hydroxylation is 1. The predicted octanol–water partition coefficient (Wildman–Crippen LogP) is -0.592. The molecule has 3 heterocycles. The summed E-state index contributed by atoms with van der Waals surface area (Å²) in [5, 5.41) is 56.4. The van der Waals surface area contributed by atoms with E-state index in [0.29, 0.717) is 48.9 Å². The van der Waals surface area contributed by atoms with E-state index in [1.54, 1.807) is 66.1 Å². The number of aliphatic hydroxyl groups excluding tert-OH is 3. The van der Waals surface area contributed by atoms with E-state index < -0.39 is 101 Å². The lowest BCUT2D eigenvalue weighted by atomic mass is 9.91. The number of imide groups is 1. The fourth-order valence-corrected chi connectivity index (χ4v) is 6.89. The van der Waals surface area contributed by atoms with Crippen molar-refractivity contribution >= 4 is 47.2 Å². The van der Waals surface area contributed by atoms with Gasteiger partial charge in [0.2, 0.25) is 17.7 Å². The van der Waals surface area contributed by atoms with Gasteiger partial charge in [0.25, 0.3) is 11.8 Å². The Bertz CT molecular complexity index is 2030. The third-order valence-corrected chi connectivity index (χ3v) is 10.7. The fourth-order valence-electron chi connectivity index (χ4n) is 6.89. The predicted molar refractivity (Wildman–Crippen MR) is 227 cm³/mol. The first-order valence-corrected chi connectivity index (χ1v) is 21.3. The van der Waals surface area contributed by atoms with Gasteiger partial charge < -0.3 is 55.3 Å². The molecule has 1 unspecified atom stereocenters. The van der Waals surface area contributed by atoms with Crippen molar-refractivity contribution < 1.29 is 72.9 Å². The van der Waals surface area contributed by atoms with Crippen molar-refractivity contribution in [3.8, 4) is 0 Å². The van der Waals surface area contributed by atoms with Crippen molar-refractivity contribution in [3.05, 3.63) is 53.4 Å². The number of carbonyl (C=O) groups excluding carboxylic acids is 6. The van der Waals surface area contributed by atoms with Crippen molar-refractivity contribution in [2.45, 2.75) is 129 Å². The Hall–Kier alpha value is -5.65. The van der Waals surface area contributed by atoms with Crippen molar-refractivity contribution in [1.29, 1.82) is 0 Å². The maximum Gasteiger partial charge on any atom is 0.335 e. The maximum atomic E-state index is 13.9. The maximum absolute atomic E-state index is 13.9. The van der Waals surface area contributed by atoms with Crippen molar-refractivity contribution in [3.63, 3.8) is 0 Å². The molecule has 0 bridgehead atoms. The molecule has 2 aliphatic rings. The molecule has 7 N–H and O–H groups in total. The molecule has 2 aliphatic heterocycles. The van der Waals surface area contributed by atoms with Crippen LogP contribution in [-0.4, -0.2) is 157 Å². The summed E-state index contributed by atoms with van der Waals surface area (Å²) in [6.07, 6.45) is -4.01. The van der Waals surface area contributed by atoms with Crippen molar-refractivity contribution in [2.75, 3.05) is 32.2 Å². The van der Waals surface area contributed by atoms with Crippen LogP contribution in [0.4, 0.5) is 5.69 Å². The second-order valence-electron chi connectivity index (χ2n) is 17.2. The zero-order chi connectivity index (χ0) is 48.2. The third-order valence-electron chi connectivity index (χ3n) is 10.7. The minimum absolute atomic E-state index is 0.0684. The van der Waals surface area contributed by atoms with Gasteiger partial charge in [-0.25, -0.2) is 9.48 Å². The zero-order valence-electron chi connectivity index (χ0n) is 37.6. The van der Waals surface area contributed by atoms with Gasteiger partial charge in [-0.15, -0.1) is 5.10 Å². The average Bonchev–Trinajstić information content (AvgIpc) is 3.84. The summed E-state index contributed by atoms with van der Waals surface area (Å²) in [5.41, 5.74) is 0.996. The fraction of sp³-hybridized carbons (Fsp3) is 0.605. The number of hydrogen-bond donors (Lipinski definition) is 7. The Morgan fingerprint density at radius 3 is 2.22 bits per heavy atom. The lowest BCUT2D eigenvalue weighted by Gasteiger charge is -2.39. The van der Waals surface area contributed by atoms with Crippen molar-refractivity contribution in [1.82, 2.24) is 30.5 Å². The van der Waals surface area contributed by atoms with Gasteiger partial charge in [-0.2, -0.15) is 0 Å². The summed E-state index contributed by atoms with van der Waals surface area (Å²) in [6, 6.07) is 1.07. The summed E-state index contributed by atoms with van der Waals surface area (Å²) in [4.78, 5) is 91.7. The molecule has 8 atom stereocenters.